The van der Waals surface area contributed by atoms with Crippen LogP contribution in [0.15, 0.2) is 42.9 Å². The van der Waals surface area contributed by atoms with E-state index in [0.717, 1.165) is 23.6 Å². The van der Waals surface area contributed by atoms with Crippen molar-refractivity contribution in [3.8, 4) is 0 Å². The molecule has 2 saturated heterocycles. The van der Waals surface area contributed by atoms with Crippen LogP contribution in [0, 0.1) is 11.8 Å². The molecule has 15 atom stereocenters. The molecule has 4 rings (SSSR count). The van der Waals surface area contributed by atoms with Crippen molar-refractivity contribution >= 4 is 101 Å². The van der Waals surface area contributed by atoms with Crippen LogP contribution in [0.5, 0.6) is 0 Å². The van der Waals surface area contributed by atoms with E-state index in [1.807, 2.05) is 0 Å². The van der Waals surface area contributed by atoms with Gasteiger partial charge in [0.25, 0.3) is 0 Å². The standard InChI is InChI=1S/C69H106N18O23/c1-34(2)53(65(105)80-45(29-39-30-73-33-75-39)67(107)86-26-12-17-47(86)62(102)77-42(21-24-52(95)96)59(99)85-56(37(6)90)68(108)87-27-13-18-48(87)63(103)78-43(69(109)110)16-10-11-25-70)83-61(101)46(32-88)81-60(100)44(28-38-14-8-7-9-15-38)79-58(98)41(20-22-49(72)91)76-50(92)31-74-64(104)55(36(5)89)84-66(106)54(35(3)4)82-57(97)40(71)19-23-51(93)94/h7-9,14-15,30,33-37,40-48,53-56,88-90H,10-13,16-29,31-32,70-71H2,1-6H3,(H2,72,91)(H,73,75)(H,74,104)(H,76,92)(H,77,102)(H,78,103)(H,79,98)(H,80,105)(H,81,100)(H,82,97)(H,83,101)(H,84,106)(H,85,99)(H,93,94)(H,95,96)(H,109,110)/t36-,37-,40+,41+,42+,43+,44+,45+,46+,47+,48+,53+,54+,55+,56+/m1/s1. The van der Waals surface area contributed by atoms with Crippen LogP contribution in [0.1, 0.15) is 136 Å². The minimum atomic E-state index is -1.88. The number of aromatic amines is 1. The van der Waals surface area contributed by atoms with Crippen molar-refractivity contribution < 1.29 is 112 Å². The third-order valence-electron chi connectivity index (χ3n) is 18.2. The van der Waals surface area contributed by atoms with Gasteiger partial charge in [0.1, 0.15) is 72.5 Å². The number of imidazole rings is 1. The molecule has 14 amide bonds. The van der Waals surface area contributed by atoms with Crippen molar-refractivity contribution in [2.75, 3.05) is 32.8 Å². The topological polar surface area (TPSA) is 657 Å². The zero-order valence-electron chi connectivity index (χ0n) is 62.2. The molecule has 24 N–H and O–H groups in total. The van der Waals surface area contributed by atoms with Gasteiger partial charge in [0.15, 0.2) is 0 Å². The highest BCUT2D eigenvalue weighted by molar-refractivity contribution is 6.00. The van der Waals surface area contributed by atoms with Crippen molar-refractivity contribution in [3.63, 3.8) is 0 Å². The Morgan fingerprint density at radius 2 is 1.00 bits per heavy atom. The molecule has 1 aromatic heterocycles. The Kier molecular flexibility index (Phi) is 37.7. The Morgan fingerprint density at radius 3 is 1.53 bits per heavy atom. The van der Waals surface area contributed by atoms with Gasteiger partial charge in [-0.3, -0.25) is 76.7 Å². The summed E-state index contributed by atoms with van der Waals surface area (Å²) >= 11 is 0. The predicted molar refractivity (Wildman–Crippen MR) is 385 cm³/mol. The number of amides is 14. The van der Waals surface area contributed by atoms with E-state index in [9.17, 15) is 107 Å². The second-order valence-corrected chi connectivity index (χ2v) is 27.7. The Hall–Kier alpha value is -10.8. The molecule has 2 aliphatic heterocycles. The van der Waals surface area contributed by atoms with Crippen LogP contribution < -0.4 is 75.7 Å². The summed E-state index contributed by atoms with van der Waals surface area (Å²) in [5, 5.41) is 87.1. The number of aliphatic hydroxyl groups excluding tert-OH is 3. The lowest BCUT2D eigenvalue weighted by Gasteiger charge is -2.32. The zero-order chi connectivity index (χ0) is 82.2. The van der Waals surface area contributed by atoms with Crippen LogP contribution in [0.2, 0.25) is 0 Å². The fourth-order valence-electron chi connectivity index (χ4n) is 12.0. The number of carboxylic acid groups (broad SMARTS) is 3. The first-order chi connectivity index (χ1) is 51.9. The van der Waals surface area contributed by atoms with Crippen molar-refractivity contribution in [1.82, 2.24) is 78.3 Å². The number of aliphatic carboxylic acids is 3. The minimum Gasteiger partial charge on any atom is -0.481 e. The van der Waals surface area contributed by atoms with E-state index >= 15 is 0 Å². The Labute approximate surface area is 633 Å². The van der Waals surface area contributed by atoms with E-state index in [2.05, 4.69) is 68.5 Å². The number of aromatic nitrogens is 2. The monoisotopic (exact) mass is 1550 g/mol. The molecule has 2 aromatic rings. The fraction of sp³-hybridized carbons (Fsp3) is 0.623. The zero-order valence-corrected chi connectivity index (χ0v) is 62.2. The average molecular weight is 1560 g/mol. The van der Waals surface area contributed by atoms with Gasteiger partial charge in [0, 0.05) is 57.1 Å². The fourth-order valence-corrected chi connectivity index (χ4v) is 12.0. The maximum absolute atomic E-state index is 14.9. The summed E-state index contributed by atoms with van der Waals surface area (Å²) in [6, 6.07) is -12.1. The molecule has 110 heavy (non-hydrogen) atoms. The maximum atomic E-state index is 14.9. The van der Waals surface area contributed by atoms with E-state index in [1.165, 1.54) is 40.2 Å². The second kappa shape index (κ2) is 45.3. The normalized spacial score (nSPS) is 17.6. The van der Waals surface area contributed by atoms with Crippen LogP contribution in [0.4, 0.5) is 0 Å². The van der Waals surface area contributed by atoms with Gasteiger partial charge >= 0.3 is 17.9 Å². The number of nitrogens with zero attached hydrogens (tertiary/aromatic N) is 3. The van der Waals surface area contributed by atoms with Crippen LogP contribution >= 0.6 is 0 Å². The largest absolute Gasteiger partial charge is 0.481 e. The summed E-state index contributed by atoms with van der Waals surface area (Å²) in [4.78, 5) is 238. The van der Waals surface area contributed by atoms with Crippen molar-refractivity contribution in [2.45, 2.75) is 229 Å². The van der Waals surface area contributed by atoms with Crippen LogP contribution in [0.25, 0.3) is 0 Å². The number of aliphatic hydroxyl groups is 3. The molecule has 2 aliphatic rings. The summed E-state index contributed by atoms with van der Waals surface area (Å²) in [5.74, 6) is -19.4. The van der Waals surface area contributed by atoms with Gasteiger partial charge < -0.3 is 121 Å². The SMILES string of the molecule is CC(C)[C@H](NC(=O)[C@H](CO)NC(=O)[C@H](Cc1ccccc1)NC(=O)[C@H](CCC(N)=O)NC(=O)CNC(=O)[C@@H](NC(=O)[C@@H](NC(=O)[C@@H](N)CCC(=O)O)C(C)C)[C@@H](C)O)C(=O)N[C@@H](Cc1cnc[nH]1)C(=O)N1CCC[C@H]1C(=O)N[C@@H](CCC(=O)O)C(=O)N[C@H](C(=O)N1CCC[C@H]1C(=O)N[C@@H](CCCCN)C(=O)O)[C@@H](C)O. The molecule has 3 heterocycles. The third-order valence-corrected chi connectivity index (χ3v) is 18.2. The number of hydrogen-bond acceptors (Lipinski definition) is 23. The number of primary amides is 1. The van der Waals surface area contributed by atoms with Gasteiger partial charge in [0.2, 0.25) is 82.7 Å². The number of hydrogen-bond donors (Lipinski definition) is 21. The summed E-state index contributed by atoms with van der Waals surface area (Å²) in [7, 11) is 0. The van der Waals surface area contributed by atoms with Gasteiger partial charge in [-0.25, -0.2) is 9.78 Å². The number of benzene rings is 1. The van der Waals surface area contributed by atoms with E-state index < -0.39 is 248 Å². The maximum Gasteiger partial charge on any atom is 0.326 e. The number of carbonyl (C=O) groups is 17. The number of rotatable bonds is 47. The van der Waals surface area contributed by atoms with Gasteiger partial charge in [-0.2, -0.15) is 0 Å². The lowest BCUT2D eigenvalue weighted by Crippen LogP contribution is -2.62. The Morgan fingerprint density at radius 1 is 0.518 bits per heavy atom. The average Bonchev–Trinajstić information content (AvgIpc) is 1.61. The smallest absolute Gasteiger partial charge is 0.326 e. The number of unbranched alkanes of at least 4 members (excludes halogenated alkanes) is 1. The van der Waals surface area contributed by atoms with Gasteiger partial charge in [-0.15, -0.1) is 0 Å². The molecule has 0 aliphatic carbocycles. The minimum absolute atomic E-state index is 0.0238. The van der Waals surface area contributed by atoms with Gasteiger partial charge in [0.05, 0.1) is 37.7 Å². The molecule has 0 radical (unpaired) electrons. The van der Waals surface area contributed by atoms with E-state index in [0.29, 0.717) is 24.1 Å². The predicted octanol–water partition coefficient (Wildman–Crippen LogP) is -7.26. The third kappa shape index (κ3) is 29.3. The molecule has 0 unspecified atom stereocenters. The first-order valence-electron chi connectivity index (χ1n) is 36.2. The first-order valence-corrected chi connectivity index (χ1v) is 36.2. The molecule has 41 nitrogen and oxygen atoms in total. The van der Waals surface area contributed by atoms with Crippen LogP contribution in [-0.2, 0) is 94.3 Å². The van der Waals surface area contributed by atoms with E-state index in [1.54, 1.807) is 30.3 Å². The summed E-state index contributed by atoms with van der Waals surface area (Å²) in [6.45, 7) is 6.49. The van der Waals surface area contributed by atoms with Crippen molar-refractivity contribution in [2.24, 2.45) is 29.0 Å². The van der Waals surface area contributed by atoms with Crippen molar-refractivity contribution in [3.05, 3.63) is 54.1 Å². The highest BCUT2D eigenvalue weighted by Gasteiger charge is 2.44. The second-order valence-electron chi connectivity index (χ2n) is 27.7. The summed E-state index contributed by atoms with van der Waals surface area (Å²) < 4.78 is 0. The van der Waals surface area contributed by atoms with Crippen molar-refractivity contribution in [1.29, 1.82) is 0 Å². The molecule has 1 aromatic carbocycles. The first kappa shape index (κ1) is 91.6. The molecule has 610 valence electrons. The lowest BCUT2D eigenvalue weighted by atomic mass is 10.0. The molecule has 2 fully saturated rings. The number of carboxylic acids is 3. The number of nitrogens with two attached hydrogens (primary N) is 3. The Bertz CT molecular complexity index is 3530. The molecular weight excluding hydrogens is 1450 g/mol. The number of nitrogens with one attached hydrogen (secondary N) is 12. The number of likely N-dealkylation sites (tertiary alicyclic amines) is 2. The number of carbonyl (C=O) groups excluding carboxylic acids is 14. The highest BCUT2D eigenvalue weighted by atomic mass is 16.4. The van der Waals surface area contributed by atoms with E-state index in [-0.39, 0.29) is 71.0 Å². The Balaban J connectivity index is 1.51. The van der Waals surface area contributed by atoms with Gasteiger partial charge in [-0.05, 0) is 102 Å². The molecule has 0 bridgehead atoms. The lowest BCUT2D eigenvalue weighted by molar-refractivity contribution is -0.146. The molecule has 41 heteroatoms. The highest BCUT2D eigenvalue weighted by Crippen LogP contribution is 2.23. The quantitative estimate of drug-likeness (QED) is 0.0274. The molecule has 0 spiro atoms. The summed E-state index contributed by atoms with van der Waals surface area (Å²) in [5.41, 5.74) is 17.5. The van der Waals surface area contributed by atoms with Gasteiger partial charge in [-0.1, -0.05) is 58.0 Å². The van der Waals surface area contributed by atoms with Crippen LogP contribution in [-0.4, -0.2) is 275 Å². The van der Waals surface area contributed by atoms with E-state index in [4.69, 9.17) is 22.3 Å². The summed E-state index contributed by atoms with van der Waals surface area (Å²) in [6.07, 6.45) is -2.79. The van der Waals surface area contributed by atoms with Crippen LogP contribution in [0.3, 0.4) is 0 Å². The molecular formula is C69H106N18O23. The molecule has 0 saturated carbocycles. The number of H-pyrrole nitrogens is 1.